The Balaban J connectivity index is 1.47. The Morgan fingerprint density at radius 3 is 2.58 bits per heavy atom. The molecule has 0 bridgehead atoms. The molecule has 4 heteroatoms. The fraction of sp³-hybridized carbons (Fsp3) is 1.00. The average Bonchev–Trinajstić information content (AvgIpc) is 3.15. The molecule has 1 aliphatic carbocycles. The van der Waals surface area contributed by atoms with Gasteiger partial charge in [0.15, 0.2) is 0 Å². The Labute approximate surface area is 116 Å². The molecule has 0 aromatic heterocycles. The maximum absolute atomic E-state index is 5.77. The summed E-state index contributed by atoms with van der Waals surface area (Å²) in [6.45, 7) is 8.98. The minimum atomic E-state index is 0.136. The van der Waals surface area contributed by atoms with Crippen LogP contribution in [0.3, 0.4) is 0 Å². The maximum Gasteiger partial charge on any atom is 0.0845 e. The molecule has 2 aliphatic rings. The van der Waals surface area contributed by atoms with Gasteiger partial charge in [-0.2, -0.15) is 0 Å². The van der Waals surface area contributed by atoms with E-state index in [0.29, 0.717) is 31.3 Å². The Morgan fingerprint density at radius 2 is 1.84 bits per heavy atom. The predicted octanol–water partition coefficient (Wildman–Crippen LogP) is 2.40. The van der Waals surface area contributed by atoms with Crippen LogP contribution in [0.25, 0.3) is 0 Å². The summed E-state index contributed by atoms with van der Waals surface area (Å²) in [6, 6.07) is 0. The van der Waals surface area contributed by atoms with Gasteiger partial charge >= 0.3 is 0 Å². The van der Waals surface area contributed by atoms with E-state index >= 15 is 0 Å². The summed E-state index contributed by atoms with van der Waals surface area (Å²) < 4.78 is 22.4. The lowest BCUT2D eigenvalue weighted by atomic mass is 9.90. The fourth-order valence-electron chi connectivity index (χ4n) is 2.72. The van der Waals surface area contributed by atoms with Crippen LogP contribution in [0, 0.1) is 5.92 Å². The second kappa shape index (κ2) is 7.58. The fourth-order valence-corrected chi connectivity index (χ4v) is 2.72. The highest BCUT2D eigenvalue weighted by molar-refractivity contribution is 4.91. The van der Waals surface area contributed by atoms with Gasteiger partial charge in [0.25, 0.3) is 0 Å². The monoisotopic (exact) mass is 272 g/mol. The number of fused-ring (bicyclic) bond motifs is 1. The van der Waals surface area contributed by atoms with E-state index in [2.05, 4.69) is 6.92 Å². The van der Waals surface area contributed by atoms with Crippen LogP contribution in [0.1, 0.15) is 40.0 Å². The van der Waals surface area contributed by atoms with Gasteiger partial charge in [-0.15, -0.1) is 0 Å². The Kier molecular flexibility index (Phi) is 6.07. The van der Waals surface area contributed by atoms with E-state index in [1.807, 2.05) is 13.8 Å². The summed E-state index contributed by atoms with van der Waals surface area (Å²) >= 11 is 0. The van der Waals surface area contributed by atoms with Gasteiger partial charge in [-0.3, -0.25) is 0 Å². The first-order valence-electron chi connectivity index (χ1n) is 7.65. The van der Waals surface area contributed by atoms with Crippen LogP contribution >= 0.6 is 0 Å². The minimum Gasteiger partial charge on any atom is -0.378 e. The molecule has 112 valence electrons. The molecule has 5 atom stereocenters. The molecule has 5 unspecified atom stereocenters. The summed E-state index contributed by atoms with van der Waals surface area (Å²) in [5, 5.41) is 0. The minimum absolute atomic E-state index is 0.136. The van der Waals surface area contributed by atoms with Crippen LogP contribution in [0.15, 0.2) is 0 Å². The molecule has 2 fully saturated rings. The van der Waals surface area contributed by atoms with Gasteiger partial charge in [0.1, 0.15) is 0 Å². The third-order valence-corrected chi connectivity index (χ3v) is 3.89. The highest BCUT2D eigenvalue weighted by atomic mass is 16.6. The van der Waals surface area contributed by atoms with Crippen molar-refractivity contribution in [3.05, 3.63) is 0 Å². The zero-order valence-corrected chi connectivity index (χ0v) is 12.5. The first kappa shape index (κ1) is 15.2. The highest BCUT2D eigenvalue weighted by Gasteiger charge is 2.43. The van der Waals surface area contributed by atoms with Crippen molar-refractivity contribution in [1.29, 1.82) is 0 Å². The Hall–Kier alpha value is -0.160. The number of epoxide rings is 1. The van der Waals surface area contributed by atoms with E-state index < -0.39 is 0 Å². The second-order valence-electron chi connectivity index (χ2n) is 5.84. The largest absolute Gasteiger partial charge is 0.378 e. The smallest absolute Gasteiger partial charge is 0.0845 e. The molecule has 0 spiro atoms. The van der Waals surface area contributed by atoms with Crippen molar-refractivity contribution in [3.63, 3.8) is 0 Å². The van der Waals surface area contributed by atoms with E-state index in [4.69, 9.17) is 18.9 Å². The van der Waals surface area contributed by atoms with Crippen molar-refractivity contribution in [2.75, 3.05) is 26.4 Å². The van der Waals surface area contributed by atoms with E-state index in [1.165, 1.54) is 19.3 Å². The molecule has 0 aromatic carbocycles. The van der Waals surface area contributed by atoms with Crippen molar-refractivity contribution in [2.24, 2.45) is 5.92 Å². The van der Waals surface area contributed by atoms with Crippen LogP contribution in [0.2, 0.25) is 0 Å². The molecule has 1 saturated heterocycles. The van der Waals surface area contributed by atoms with Crippen LogP contribution in [0.5, 0.6) is 0 Å². The summed E-state index contributed by atoms with van der Waals surface area (Å²) in [6.07, 6.45) is 5.07. The van der Waals surface area contributed by atoms with Gasteiger partial charge in [0, 0.05) is 13.2 Å². The topological polar surface area (TPSA) is 40.2 Å². The molecule has 4 nitrogen and oxygen atoms in total. The molecular formula is C15H28O4. The molecule has 1 saturated carbocycles. The summed E-state index contributed by atoms with van der Waals surface area (Å²) in [4.78, 5) is 0. The van der Waals surface area contributed by atoms with Crippen LogP contribution < -0.4 is 0 Å². The lowest BCUT2D eigenvalue weighted by molar-refractivity contribution is -0.0592. The van der Waals surface area contributed by atoms with E-state index in [0.717, 1.165) is 13.2 Å². The van der Waals surface area contributed by atoms with E-state index in [9.17, 15) is 0 Å². The summed E-state index contributed by atoms with van der Waals surface area (Å²) in [7, 11) is 0. The average molecular weight is 272 g/mol. The molecule has 0 aromatic rings. The molecule has 1 aliphatic heterocycles. The molecular weight excluding hydrogens is 244 g/mol. The van der Waals surface area contributed by atoms with E-state index in [1.54, 1.807) is 0 Å². The lowest BCUT2D eigenvalue weighted by Gasteiger charge is -2.21. The molecule has 0 N–H and O–H groups in total. The third-order valence-electron chi connectivity index (χ3n) is 3.89. The van der Waals surface area contributed by atoms with Crippen LogP contribution in [0.4, 0.5) is 0 Å². The van der Waals surface area contributed by atoms with Gasteiger partial charge in [-0.25, -0.2) is 0 Å². The molecule has 0 amide bonds. The quantitative estimate of drug-likeness (QED) is 0.604. The summed E-state index contributed by atoms with van der Waals surface area (Å²) in [5.74, 6) is 0.679. The first-order chi connectivity index (χ1) is 9.19. The van der Waals surface area contributed by atoms with Gasteiger partial charge in [-0.1, -0.05) is 0 Å². The van der Waals surface area contributed by atoms with Crippen molar-refractivity contribution < 1.29 is 18.9 Å². The van der Waals surface area contributed by atoms with Crippen LogP contribution in [-0.4, -0.2) is 50.8 Å². The van der Waals surface area contributed by atoms with E-state index in [-0.39, 0.29) is 12.2 Å². The molecule has 0 radical (unpaired) electrons. The van der Waals surface area contributed by atoms with Crippen molar-refractivity contribution >= 4 is 0 Å². The maximum atomic E-state index is 5.77. The Morgan fingerprint density at radius 1 is 1.05 bits per heavy atom. The van der Waals surface area contributed by atoms with Crippen molar-refractivity contribution in [1.82, 2.24) is 0 Å². The molecule has 19 heavy (non-hydrogen) atoms. The number of rotatable bonds is 9. The summed E-state index contributed by atoms with van der Waals surface area (Å²) in [5.41, 5.74) is 0. The zero-order valence-electron chi connectivity index (χ0n) is 12.5. The SMILES string of the molecule is CCOC(C)COC(C)COCC1CCC2OC2C1. The van der Waals surface area contributed by atoms with Gasteiger partial charge in [0.05, 0.1) is 37.6 Å². The standard InChI is InChI=1S/C15H28O4/c1-4-17-12(3)9-18-11(2)8-16-10-13-5-6-14-15(7-13)19-14/h11-15H,4-10H2,1-3H3. The zero-order chi connectivity index (χ0) is 13.7. The number of hydrogen-bond acceptors (Lipinski definition) is 4. The van der Waals surface area contributed by atoms with Gasteiger partial charge in [0.2, 0.25) is 0 Å². The molecule has 2 rings (SSSR count). The predicted molar refractivity (Wildman–Crippen MR) is 73.3 cm³/mol. The Bertz CT molecular complexity index is 259. The first-order valence-corrected chi connectivity index (χ1v) is 7.65. The highest BCUT2D eigenvalue weighted by Crippen LogP contribution is 2.39. The number of hydrogen-bond donors (Lipinski definition) is 0. The van der Waals surface area contributed by atoms with Crippen LogP contribution in [-0.2, 0) is 18.9 Å². The van der Waals surface area contributed by atoms with Crippen molar-refractivity contribution in [3.8, 4) is 0 Å². The normalized spacial score (nSPS) is 32.7. The molecule has 1 heterocycles. The number of ether oxygens (including phenoxy) is 4. The second-order valence-corrected chi connectivity index (χ2v) is 5.84. The lowest BCUT2D eigenvalue weighted by Crippen LogP contribution is -2.25. The van der Waals surface area contributed by atoms with Gasteiger partial charge in [-0.05, 0) is 46.0 Å². The third kappa shape index (κ3) is 5.38. The van der Waals surface area contributed by atoms with Crippen molar-refractivity contribution in [2.45, 2.75) is 64.4 Å². The van der Waals surface area contributed by atoms with Gasteiger partial charge < -0.3 is 18.9 Å².